The summed E-state index contributed by atoms with van der Waals surface area (Å²) >= 11 is 0. The van der Waals surface area contributed by atoms with Crippen molar-refractivity contribution in [3.05, 3.63) is 41.5 Å². The third kappa shape index (κ3) is 1.76. The largest absolute Gasteiger partial charge is 0.508 e. The fourth-order valence-electron chi connectivity index (χ4n) is 2.24. The van der Waals surface area contributed by atoms with E-state index in [9.17, 15) is 5.11 Å². The molecule has 84 valence electrons. The van der Waals surface area contributed by atoms with Gasteiger partial charge in [0.1, 0.15) is 5.75 Å². The predicted molar refractivity (Wildman–Crippen MR) is 67.6 cm³/mol. The van der Waals surface area contributed by atoms with E-state index in [2.05, 4.69) is 26.0 Å². The van der Waals surface area contributed by atoms with E-state index in [4.69, 9.17) is 5.73 Å². The fraction of sp³-hybridized carbons (Fsp3) is 0.286. The quantitative estimate of drug-likeness (QED) is 0.808. The number of aromatic hydroxyl groups is 1. The maximum absolute atomic E-state index is 9.57. The van der Waals surface area contributed by atoms with Gasteiger partial charge >= 0.3 is 0 Å². The first kappa shape index (κ1) is 11.0. The van der Waals surface area contributed by atoms with Gasteiger partial charge in [-0.1, -0.05) is 32.0 Å². The number of fused-ring (bicyclic) bond motifs is 1. The molecule has 0 saturated carbocycles. The van der Waals surface area contributed by atoms with Crippen LogP contribution in [0.4, 0.5) is 0 Å². The minimum Gasteiger partial charge on any atom is -0.508 e. The molecule has 0 unspecified atom stereocenters. The Bertz CT molecular complexity index is 517. The van der Waals surface area contributed by atoms with Gasteiger partial charge in [0.15, 0.2) is 0 Å². The number of nitrogens with two attached hydrogens (primary N) is 1. The first-order valence-corrected chi connectivity index (χ1v) is 5.58. The van der Waals surface area contributed by atoms with E-state index in [1.807, 2.05) is 12.1 Å². The zero-order valence-corrected chi connectivity index (χ0v) is 9.70. The Labute approximate surface area is 95.7 Å². The SMILES string of the molecule is CC(C)c1c(CN)ccc2ccc(O)cc12. The minimum atomic E-state index is 0.309. The molecule has 0 heterocycles. The number of phenolic OH excluding ortho intramolecular Hbond substituents is 1. The fourth-order valence-corrected chi connectivity index (χ4v) is 2.24. The number of rotatable bonds is 2. The Morgan fingerprint density at radius 2 is 1.88 bits per heavy atom. The first-order chi connectivity index (χ1) is 7.63. The van der Waals surface area contributed by atoms with E-state index in [1.165, 1.54) is 5.56 Å². The highest BCUT2D eigenvalue weighted by molar-refractivity contribution is 5.88. The topological polar surface area (TPSA) is 46.2 Å². The lowest BCUT2D eigenvalue weighted by Crippen LogP contribution is -2.03. The zero-order chi connectivity index (χ0) is 11.7. The van der Waals surface area contributed by atoms with E-state index in [-0.39, 0.29) is 0 Å². The molecule has 0 aliphatic carbocycles. The molecular weight excluding hydrogens is 198 g/mol. The van der Waals surface area contributed by atoms with Gasteiger partial charge in [-0.25, -0.2) is 0 Å². The maximum Gasteiger partial charge on any atom is 0.116 e. The molecule has 0 atom stereocenters. The van der Waals surface area contributed by atoms with Gasteiger partial charge in [-0.3, -0.25) is 0 Å². The Morgan fingerprint density at radius 3 is 2.50 bits per heavy atom. The van der Waals surface area contributed by atoms with E-state index < -0.39 is 0 Å². The summed E-state index contributed by atoms with van der Waals surface area (Å²) in [5.74, 6) is 0.715. The summed E-state index contributed by atoms with van der Waals surface area (Å²) < 4.78 is 0. The molecule has 2 heteroatoms. The van der Waals surface area contributed by atoms with Gasteiger partial charge in [-0.15, -0.1) is 0 Å². The predicted octanol–water partition coefficient (Wildman–Crippen LogP) is 3.13. The summed E-state index contributed by atoms with van der Waals surface area (Å²) in [4.78, 5) is 0. The molecule has 2 rings (SSSR count). The summed E-state index contributed by atoms with van der Waals surface area (Å²) in [5, 5.41) is 11.8. The van der Waals surface area contributed by atoms with Crippen molar-refractivity contribution in [2.75, 3.05) is 0 Å². The van der Waals surface area contributed by atoms with Crippen molar-refractivity contribution >= 4 is 10.8 Å². The third-order valence-electron chi connectivity index (χ3n) is 2.93. The second-order valence-corrected chi connectivity index (χ2v) is 4.40. The van der Waals surface area contributed by atoms with Crippen molar-refractivity contribution in [2.45, 2.75) is 26.3 Å². The molecule has 0 aliphatic heterocycles. The van der Waals surface area contributed by atoms with Crippen molar-refractivity contribution < 1.29 is 5.11 Å². The molecule has 0 bridgehead atoms. The molecule has 0 amide bonds. The van der Waals surface area contributed by atoms with Crippen LogP contribution in [0.1, 0.15) is 30.9 Å². The minimum absolute atomic E-state index is 0.309. The Balaban J connectivity index is 2.81. The lowest BCUT2D eigenvalue weighted by molar-refractivity contribution is 0.476. The monoisotopic (exact) mass is 215 g/mol. The average Bonchev–Trinajstić information content (AvgIpc) is 2.26. The molecule has 0 fully saturated rings. The highest BCUT2D eigenvalue weighted by atomic mass is 16.3. The van der Waals surface area contributed by atoms with Gasteiger partial charge in [0.25, 0.3) is 0 Å². The highest BCUT2D eigenvalue weighted by Crippen LogP contribution is 2.31. The lowest BCUT2D eigenvalue weighted by Gasteiger charge is -2.15. The number of hydrogen-bond donors (Lipinski definition) is 2. The van der Waals surface area contributed by atoms with Gasteiger partial charge in [-0.05, 0) is 39.9 Å². The zero-order valence-electron chi connectivity index (χ0n) is 9.70. The normalized spacial score (nSPS) is 11.2. The first-order valence-electron chi connectivity index (χ1n) is 5.58. The third-order valence-corrected chi connectivity index (χ3v) is 2.93. The molecule has 0 saturated heterocycles. The second kappa shape index (κ2) is 4.14. The summed E-state index contributed by atoms with van der Waals surface area (Å²) in [6, 6.07) is 9.62. The number of benzene rings is 2. The van der Waals surface area contributed by atoms with Gasteiger partial charge in [-0.2, -0.15) is 0 Å². The molecule has 0 aromatic heterocycles. The molecule has 0 radical (unpaired) electrons. The standard InChI is InChI=1S/C14H17NO/c1-9(2)14-11(8-15)4-3-10-5-6-12(16)7-13(10)14/h3-7,9,16H,8,15H2,1-2H3. The Kier molecular flexibility index (Phi) is 2.84. The van der Waals surface area contributed by atoms with Crippen LogP contribution in [-0.4, -0.2) is 5.11 Å². The summed E-state index contributed by atoms with van der Waals surface area (Å²) in [6.45, 7) is 4.84. The molecule has 16 heavy (non-hydrogen) atoms. The Hall–Kier alpha value is -1.54. The molecule has 2 aromatic carbocycles. The summed E-state index contributed by atoms with van der Waals surface area (Å²) in [7, 11) is 0. The maximum atomic E-state index is 9.57. The van der Waals surface area contributed by atoms with Crippen molar-refractivity contribution in [3.63, 3.8) is 0 Å². The molecule has 2 aromatic rings. The van der Waals surface area contributed by atoms with Crippen LogP contribution in [-0.2, 0) is 6.54 Å². The molecule has 0 spiro atoms. The van der Waals surface area contributed by atoms with Crippen LogP contribution in [0.25, 0.3) is 10.8 Å². The molecule has 2 nitrogen and oxygen atoms in total. The molecule has 0 aliphatic rings. The highest BCUT2D eigenvalue weighted by Gasteiger charge is 2.10. The van der Waals surface area contributed by atoms with Gasteiger partial charge < -0.3 is 10.8 Å². The summed E-state index contributed by atoms with van der Waals surface area (Å²) in [6.07, 6.45) is 0. The average molecular weight is 215 g/mol. The van der Waals surface area contributed by atoms with Crippen molar-refractivity contribution in [3.8, 4) is 5.75 Å². The van der Waals surface area contributed by atoms with Gasteiger partial charge in [0.05, 0.1) is 0 Å². The van der Waals surface area contributed by atoms with Crippen molar-refractivity contribution in [1.29, 1.82) is 0 Å². The molecular formula is C14H17NO. The van der Waals surface area contributed by atoms with Crippen LogP contribution in [0, 0.1) is 0 Å². The van der Waals surface area contributed by atoms with Gasteiger partial charge in [0.2, 0.25) is 0 Å². The van der Waals surface area contributed by atoms with Crippen molar-refractivity contribution in [2.24, 2.45) is 5.73 Å². The van der Waals surface area contributed by atoms with E-state index in [0.717, 1.165) is 16.3 Å². The van der Waals surface area contributed by atoms with Crippen LogP contribution < -0.4 is 5.73 Å². The second-order valence-electron chi connectivity index (χ2n) is 4.40. The number of hydrogen-bond acceptors (Lipinski definition) is 2. The van der Waals surface area contributed by atoms with Crippen LogP contribution in [0.3, 0.4) is 0 Å². The van der Waals surface area contributed by atoms with Gasteiger partial charge in [0, 0.05) is 6.54 Å². The number of phenols is 1. The van der Waals surface area contributed by atoms with Crippen LogP contribution in [0.15, 0.2) is 30.3 Å². The van der Waals surface area contributed by atoms with E-state index >= 15 is 0 Å². The smallest absolute Gasteiger partial charge is 0.116 e. The van der Waals surface area contributed by atoms with Crippen molar-refractivity contribution in [1.82, 2.24) is 0 Å². The molecule has 3 N–H and O–H groups in total. The van der Waals surface area contributed by atoms with Crippen LogP contribution in [0.2, 0.25) is 0 Å². The van der Waals surface area contributed by atoms with E-state index in [1.54, 1.807) is 6.07 Å². The Morgan fingerprint density at radius 1 is 1.19 bits per heavy atom. The summed E-state index contributed by atoms with van der Waals surface area (Å²) in [5.41, 5.74) is 8.16. The van der Waals surface area contributed by atoms with Crippen LogP contribution >= 0.6 is 0 Å². The lowest BCUT2D eigenvalue weighted by atomic mass is 9.91. The van der Waals surface area contributed by atoms with E-state index in [0.29, 0.717) is 18.2 Å². The van der Waals surface area contributed by atoms with Crippen LogP contribution in [0.5, 0.6) is 5.75 Å².